The zero-order chi connectivity index (χ0) is 15.3. The van der Waals surface area contributed by atoms with Crippen LogP contribution in [0, 0.1) is 0 Å². The van der Waals surface area contributed by atoms with Crippen LogP contribution in [-0.2, 0) is 14.3 Å². The quantitative estimate of drug-likeness (QED) is 0.610. The van der Waals surface area contributed by atoms with Crippen LogP contribution < -0.4 is 11.1 Å². The maximum atomic E-state index is 11.4. The summed E-state index contributed by atoms with van der Waals surface area (Å²) >= 11 is 0. The van der Waals surface area contributed by atoms with Crippen molar-refractivity contribution in [2.45, 2.75) is 65.1 Å². The Labute approximate surface area is 115 Å². The zero-order valence-electron chi connectivity index (χ0n) is 12.8. The van der Waals surface area contributed by atoms with Crippen LogP contribution in [0.4, 0.5) is 0 Å². The molecule has 0 rings (SSSR count). The van der Waals surface area contributed by atoms with Gasteiger partial charge in [0, 0.05) is 0 Å². The summed E-state index contributed by atoms with van der Waals surface area (Å²) in [5, 5.41) is 12.6. The molecule has 0 aliphatic heterocycles. The van der Waals surface area contributed by atoms with Crippen molar-refractivity contribution in [3.63, 3.8) is 0 Å². The molecule has 2 unspecified atom stereocenters. The van der Waals surface area contributed by atoms with Gasteiger partial charge in [-0.25, -0.2) is 0 Å². The standard InChI is InChI=1S/C13H28N2O4/c1-12(2,3)18-8-9(15-10(16)7-14)11(17)19-13(4,5)6/h9,11,17H,7-8,14H2,1-6H3,(H,15,16). The fraction of sp³-hybridized carbons (Fsp3) is 0.923. The van der Waals surface area contributed by atoms with Crippen LogP contribution >= 0.6 is 0 Å². The lowest BCUT2D eigenvalue weighted by Crippen LogP contribution is -2.51. The Balaban J connectivity index is 4.61. The molecule has 1 amide bonds. The summed E-state index contributed by atoms with van der Waals surface area (Å²) in [6.45, 7) is 11.2. The van der Waals surface area contributed by atoms with Gasteiger partial charge in [-0.05, 0) is 41.5 Å². The second kappa shape index (κ2) is 7.19. The van der Waals surface area contributed by atoms with Crippen LogP contribution in [0.2, 0.25) is 0 Å². The fourth-order valence-electron chi connectivity index (χ4n) is 1.25. The van der Waals surface area contributed by atoms with Gasteiger partial charge in [-0.2, -0.15) is 0 Å². The molecule has 0 fully saturated rings. The van der Waals surface area contributed by atoms with Crippen LogP contribution in [0.5, 0.6) is 0 Å². The second-order valence-corrected chi connectivity index (χ2v) is 6.42. The Kier molecular flexibility index (Phi) is 6.93. The third-order valence-corrected chi connectivity index (χ3v) is 2.05. The summed E-state index contributed by atoms with van der Waals surface area (Å²) in [5.41, 5.74) is 4.37. The van der Waals surface area contributed by atoms with Crippen LogP contribution in [0.25, 0.3) is 0 Å². The van der Waals surface area contributed by atoms with E-state index in [1.807, 2.05) is 41.5 Å². The molecule has 0 aromatic heterocycles. The van der Waals surface area contributed by atoms with Gasteiger partial charge in [-0.3, -0.25) is 4.79 Å². The number of hydrogen-bond donors (Lipinski definition) is 3. The van der Waals surface area contributed by atoms with E-state index >= 15 is 0 Å². The molecule has 0 aromatic rings. The summed E-state index contributed by atoms with van der Waals surface area (Å²) < 4.78 is 11.0. The molecular weight excluding hydrogens is 248 g/mol. The molecule has 6 heteroatoms. The molecule has 0 aliphatic rings. The summed E-state index contributed by atoms with van der Waals surface area (Å²) in [7, 11) is 0. The molecule has 4 N–H and O–H groups in total. The molecule has 0 aromatic carbocycles. The van der Waals surface area contributed by atoms with E-state index in [0.29, 0.717) is 0 Å². The van der Waals surface area contributed by atoms with Crippen molar-refractivity contribution in [1.29, 1.82) is 0 Å². The van der Waals surface area contributed by atoms with E-state index in [-0.39, 0.29) is 24.7 Å². The first-order chi connectivity index (χ1) is 8.44. The van der Waals surface area contributed by atoms with Crippen molar-refractivity contribution in [3.8, 4) is 0 Å². The monoisotopic (exact) mass is 276 g/mol. The first-order valence-electron chi connectivity index (χ1n) is 6.44. The highest BCUT2D eigenvalue weighted by atomic mass is 16.6. The van der Waals surface area contributed by atoms with Crippen molar-refractivity contribution in [3.05, 3.63) is 0 Å². The molecule has 6 nitrogen and oxygen atoms in total. The molecule has 0 bridgehead atoms. The van der Waals surface area contributed by atoms with E-state index in [1.54, 1.807) is 0 Å². The molecule has 0 saturated carbocycles. The Morgan fingerprint density at radius 1 is 1.21 bits per heavy atom. The number of amides is 1. The minimum absolute atomic E-state index is 0.145. The van der Waals surface area contributed by atoms with E-state index in [9.17, 15) is 9.90 Å². The van der Waals surface area contributed by atoms with Crippen molar-refractivity contribution in [2.24, 2.45) is 5.73 Å². The van der Waals surface area contributed by atoms with Gasteiger partial charge in [0.15, 0.2) is 6.29 Å². The molecule has 0 heterocycles. The minimum atomic E-state index is -1.15. The van der Waals surface area contributed by atoms with E-state index in [2.05, 4.69) is 5.32 Å². The van der Waals surface area contributed by atoms with Crippen LogP contribution in [-0.4, -0.2) is 47.7 Å². The number of carbonyl (C=O) groups is 1. The summed E-state index contributed by atoms with van der Waals surface area (Å²) in [5.74, 6) is -0.362. The summed E-state index contributed by atoms with van der Waals surface area (Å²) in [6, 6.07) is -0.658. The largest absolute Gasteiger partial charge is 0.374 e. The van der Waals surface area contributed by atoms with Crippen LogP contribution in [0.15, 0.2) is 0 Å². The van der Waals surface area contributed by atoms with Gasteiger partial charge >= 0.3 is 0 Å². The SMILES string of the molecule is CC(C)(C)OCC(NC(=O)CN)C(O)OC(C)(C)C. The van der Waals surface area contributed by atoms with Crippen LogP contribution in [0.1, 0.15) is 41.5 Å². The lowest BCUT2D eigenvalue weighted by Gasteiger charge is -2.31. The van der Waals surface area contributed by atoms with Crippen molar-refractivity contribution in [1.82, 2.24) is 5.32 Å². The number of rotatable bonds is 6. The topological polar surface area (TPSA) is 93.8 Å². The smallest absolute Gasteiger partial charge is 0.234 e. The molecule has 0 radical (unpaired) electrons. The van der Waals surface area contributed by atoms with Gasteiger partial charge in [0.2, 0.25) is 5.91 Å². The van der Waals surface area contributed by atoms with E-state index < -0.39 is 17.9 Å². The van der Waals surface area contributed by atoms with E-state index in [4.69, 9.17) is 15.2 Å². The number of carbonyl (C=O) groups excluding carboxylic acids is 1. The summed E-state index contributed by atoms with van der Waals surface area (Å²) in [4.78, 5) is 11.4. The minimum Gasteiger partial charge on any atom is -0.374 e. The fourth-order valence-corrected chi connectivity index (χ4v) is 1.25. The number of nitrogens with two attached hydrogens (primary N) is 1. The van der Waals surface area contributed by atoms with Crippen molar-refractivity contribution in [2.75, 3.05) is 13.2 Å². The average Bonchev–Trinajstić information content (AvgIpc) is 2.19. The van der Waals surface area contributed by atoms with Crippen molar-refractivity contribution < 1.29 is 19.4 Å². The maximum absolute atomic E-state index is 11.4. The zero-order valence-corrected chi connectivity index (χ0v) is 12.8. The molecule has 0 spiro atoms. The Bertz CT molecular complexity index is 281. The molecular formula is C13H28N2O4. The predicted molar refractivity (Wildman–Crippen MR) is 73.5 cm³/mol. The van der Waals surface area contributed by atoms with Gasteiger partial charge < -0.3 is 25.6 Å². The van der Waals surface area contributed by atoms with Crippen LogP contribution in [0.3, 0.4) is 0 Å². The highest BCUT2D eigenvalue weighted by molar-refractivity contribution is 5.78. The highest BCUT2D eigenvalue weighted by Gasteiger charge is 2.28. The Morgan fingerprint density at radius 3 is 2.11 bits per heavy atom. The lowest BCUT2D eigenvalue weighted by molar-refractivity contribution is -0.192. The molecule has 19 heavy (non-hydrogen) atoms. The third kappa shape index (κ3) is 9.84. The number of ether oxygens (including phenoxy) is 2. The predicted octanol–water partition coefficient (Wildman–Crippen LogP) is 0.379. The van der Waals surface area contributed by atoms with E-state index in [1.165, 1.54) is 0 Å². The number of aliphatic hydroxyl groups excluding tert-OH is 1. The first-order valence-corrected chi connectivity index (χ1v) is 6.44. The van der Waals surface area contributed by atoms with Gasteiger partial charge in [0.05, 0.1) is 24.4 Å². The third-order valence-electron chi connectivity index (χ3n) is 2.05. The van der Waals surface area contributed by atoms with E-state index in [0.717, 1.165) is 0 Å². The Morgan fingerprint density at radius 2 is 1.74 bits per heavy atom. The van der Waals surface area contributed by atoms with Gasteiger partial charge in [-0.15, -0.1) is 0 Å². The normalized spacial score (nSPS) is 16.0. The summed E-state index contributed by atoms with van der Waals surface area (Å²) in [6.07, 6.45) is -1.15. The maximum Gasteiger partial charge on any atom is 0.234 e. The second-order valence-electron chi connectivity index (χ2n) is 6.42. The molecule has 114 valence electrons. The highest BCUT2D eigenvalue weighted by Crippen LogP contribution is 2.14. The molecule has 0 aliphatic carbocycles. The number of hydrogen-bond acceptors (Lipinski definition) is 5. The lowest BCUT2D eigenvalue weighted by atomic mass is 10.1. The Hall–Kier alpha value is -0.690. The van der Waals surface area contributed by atoms with Gasteiger partial charge in [0.1, 0.15) is 6.04 Å². The number of nitrogens with one attached hydrogen (secondary N) is 1. The van der Waals surface area contributed by atoms with Crippen molar-refractivity contribution >= 4 is 5.91 Å². The van der Waals surface area contributed by atoms with Gasteiger partial charge in [-0.1, -0.05) is 0 Å². The number of aliphatic hydroxyl groups is 1. The molecule has 0 saturated heterocycles. The molecule has 2 atom stereocenters. The van der Waals surface area contributed by atoms with Gasteiger partial charge in [0.25, 0.3) is 0 Å². The first kappa shape index (κ1) is 18.3. The average molecular weight is 276 g/mol.